The molecule has 2 aromatic carbocycles. The van der Waals surface area contributed by atoms with E-state index in [1.807, 2.05) is 6.07 Å². The normalized spacial score (nSPS) is 15.5. The first-order valence-electron chi connectivity index (χ1n) is 6.21. The first-order chi connectivity index (χ1) is 8.43. The van der Waals surface area contributed by atoms with Crippen LogP contribution in [0.15, 0.2) is 48.5 Å². The monoisotopic (exact) mass is 222 g/mol. The van der Waals surface area contributed by atoms with E-state index in [1.54, 1.807) is 0 Å². The van der Waals surface area contributed by atoms with Crippen molar-refractivity contribution >= 4 is 0 Å². The minimum atomic E-state index is 1.03. The first-order valence-corrected chi connectivity index (χ1v) is 6.21. The topological polar surface area (TPSA) is 3.24 Å². The third-order valence-corrected chi connectivity index (χ3v) is 3.36. The molecule has 1 nitrogen and oxygen atoms in total. The average Bonchev–Trinajstić information content (AvgIpc) is 2.35. The molecule has 0 atom stereocenters. The zero-order chi connectivity index (χ0) is 11.5. The average molecular weight is 222 g/mol. The molecular formula is C16H16N. The summed E-state index contributed by atoms with van der Waals surface area (Å²) >= 11 is 0. The number of benzene rings is 2. The Morgan fingerprint density at radius 2 is 1.82 bits per heavy atom. The summed E-state index contributed by atoms with van der Waals surface area (Å²) in [5.41, 5.74) is 3.93. The second-order valence-corrected chi connectivity index (χ2v) is 4.56. The van der Waals surface area contributed by atoms with Gasteiger partial charge in [0.15, 0.2) is 0 Å². The Morgan fingerprint density at radius 1 is 1.00 bits per heavy atom. The molecule has 1 fully saturated rings. The second kappa shape index (κ2) is 4.72. The molecule has 1 saturated heterocycles. The Labute approximate surface area is 103 Å². The predicted octanol–water partition coefficient (Wildman–Crippen LogP) is 3.36. The van der Waals surface area contributed by atoms with Gasteiger partial charge in [-0.3, -0.25) is 4.90 Å². The van der Waals surface area contributed by atoms with Crippen molar-refractivity contribution in [2.75, 3.05) is 13.1 Å². The van der Waals surface area contributed by atoms with E-state index in [0.29, 0.717) is 0 Å². The Bertz CT molecular complexity index is 486. The number of hydrogen-bond acceptors (Lipinski definition) is 1. The highest BCUT2D eigenvalue weighted by atomic mass is 15.2. The minimum Gasteiger partial charge on any atom is -0.299 e. The summed E-state index contributed by atoms with van der Waals surface area (Å²) in [4.78, 5) is 2.47. The van der Waals surface area contributed by atoms with E-state index in [9.17, 15) is 0 Å². The molecule has 1 heteroatoms. The van der Waals surface area contributed by atoms with Gasteiger partial charge in [0, 0.05) is 6.54 Å². The third-order valence-electron chi connectivity index (χ3n) is 3.36. The van der Waals surface area contributed by atoms with Crippen molar-refractivity contribution in [3.63, 3.8) is 0 Å². The van der Waals surface area contributed by atoms with Crippen molar-refractivity contribution in [2.24, 2.45) is 0 Å². The molecular weight excluding hydrogens is 206 g/mol. The summed E-state index contributed by atoms with van der Waals surface area (Å²) < 4.78 is 0. The van der Waals surface area contributed by atoms with Crippen molar-refractivity contribution in [1.29, 1.82) is 0 Å². The maximum Gasteiger partial charge on any atom is 0.0246 e. The molecule has 0 amide bonds. The van der Waals surface area contributed by atoms with Crippen molar-refractivity contribution in [3.05, 3.63) is 60.2 Å². The van der Waals surface area contributed by atoms with Crippen LogP contribution < -0.4 is 0 Å². The van der Waals surface area contributed by atoms with Gasteiger partial charge >= 0.3 is 0 Å². The molecule has 0 spiro atoms. The van der Waals surface area contributed by atoms with Crippen LogP contribution in [0.3, 0.4) is 0 Å². The van der Waals surface area contributed by atoms with Gasteiger partial charge in [-0.25, -0.2) is 0 Å². The van der Waals surface area contributed by atoms with Gasteiger partial charge in [-0.05, 0) is 42.3 Å². The summed E-state index contributed by atoms with van der Waals surface area (Å²) in [6.07, 6.45) is 1.34. The molecule has 3 rings (SSSR count). The van der Waals surface area contributed by atoms with Crippen LogP contribution in [0.1, 0.15) is 12.0 Å². The number of nitrogens with zero attached hydrogens (tertiary/aromatic N) is 1. The summed E-state index contributed by atoms with van der Waals surface area (Å²) in [5.74, 6) is 0. The van der Waals surface area contributed by atoms with Crippen molar-refractivity contribution < 1.29 is 0 Å². The first kappa shape index (κ1) is 10.5. The predicted molar refractivity (Wildman–Crippen MR) is 70.6 cm³/mol. The van der Waals surface area contributed by atoms with Gasteiger partial charge in [-0.2, -0.15) is 0 Å². The van der Waals surface area contributed by atoms with Crippen LogP contribution in [0, 0.1) is 6.07 Å². The Kier molecular flexibility index (Phi) is 2.93. The van der Waals surface area contributed by atoms with E-state index >= 15 is 0 Å². The fourth-order valence-corrected chi connectivity index (χ4v) is 2.25. The lowest BCUT2D eigenvalue weighted by atomic mass is 9.99. The lowest BCUT2D eigenvalue weighted by Gasteiger charge is -2.31. The highest BCUT2D eigenvalue weighted by Gasteiger charge is 2.15. The van der Waals surface area contributed by atoms with E-state index in [0.717, 1.165) is 6.54 Å². The van der Waals surface area contributed by atoms with Gasteiger partial charge in [-0.1, -0.05) is 48.5 Å². The van der Waals surface area contributed by atoms with Crippen LogP contribution in [0.25, 0.3) is 11.1 Å². The molecule has 17 heavy (non-hydrogen) atoms. The molecule has 85 valence electrons. The number of likely N-dealkylation sites (tertiary alicyclic amines) is 1. The Hall–Kier alpha value is -1.60. The molecule has 2 aromatic rings. The Morgan fingerprint density at radius 3 is 2.53 bits per heavy atom. The fraction of sp³-hybridized carbons (Fsp3) is 0.250. The van der Waals surface area contributed by atoms with Gasteiger partial charge in [0.1, 0.15) is 0 Å². The van der Waals surface area contributed by atoms with Crippen molar-refractivity contribution in [1.82, 2.24) is 4.90 Å². The summed E-state index contributed by atoms with van der Waals surface area (Å²) in [5, 5.41) is 0. The number of hydrogen-bond donors (Lipinski definition) is 0. The van der Waals surface area contributed by atoms with E-state index in [2.05, 4.69) is 53.4 Å². The molecule has 0 aromatic heterocycles. The molecule has 0 N–H and O–H groups in total. The lowest BCUT2D eigenvalue weighted by Crippen LogP contribution is -2.36. The third kappa shape index (κ3) is 2.25. The van der Waals surface area contributed by atoms with Crippen LogP contribution in [0.2, 0.25) is 0 Å². The van der Waals surface area contributed by atoms with E-state index in [-0.39, 0.29) is 0 Å². The van der Waals surface area contributed by atoms with Crippen molar-refractivity contribution in [2.45, 2.75) is 13.0 Å². The smallest absolute Gasteiger partial charge is 0.0246 e. The number of rotatable bonds is 3. The highest BCUT2D eigenvalue weighted by molar-refractivity contribution is 5.66. The van der Waals surface area contributed by atoms with E-state index < -0.39 is 0 Å². The Balaban J connectivity index is 1.92. The van der Waals surface area contributed by atoms with Crippen molar-refractivity contribution in [3.8, 4) is 11.1 Å². The van der Waals surface area contributed by atoms with Crippen LogP contribution in [-0.4, -0.2) is 18.0 Å². The lowest BCUT2D eigenvalue weighted by molar-refractivity contribution is 0.173. The molecule has 1 aliphatic heterocycles. The van der Waals surface area contributed by atoms with Crippen LogP contribution in [0.5, 0.6) is 0 Å². The SMILES string of the molecule is [c]1cccc(-c2ccccc2)c1CN1CCC1. The van der Waals surface area contributed by atoms with Gasteiger partial charge in [0.2, 0.25) is 0 Å². The van der Waals surface area contributed by atoms with Crippen LogP contribution in [0.4, 0.5) is 0 Å². The van der Waals surface area contributed by atoms with Crippen LogP contribution >= 0.6 is 0 Å². The van der Waals surface area contributed by atoms with E-state index in [1.165, 1.54) is 36.2 Å². The maximum absolute atomic E-state index is 3.39. The zero-order valence-electron chi connectivity index (χ0n) is 9.89. The largest absolute Gasteiger partial charge is 0.299 e. The van der Waals surface area contributed by atoms with Gasteiger partial charge < -0.3 is 0 Å². The van der Waals surface area contributed by atoms with Crippen LogP contribution in [-0.2, 0) is 6.54 Å². The van der Waals surface area contributed by atoms with Gasteiger partial charge in [0.25, 0.3) is 0 Å². The van der Waals surface area contributed by atoms with Gasteiger partial charge in [-0.15, -0.1) is 0 Å². The second-order valence-electron chi connectivity index (χ2n) is 4.56. The summed E-state index contributed by atoms with van der Waals surface area (Å²) in [6.45, 7) is 3.50. The molecule has 1 radical (unpaired) electrons. The van der Waals surface area contributed by atoms with E-state index in [4.69, 9.17) is 0 Å². The highest BCUT2D eigenvalue weighted by Crippen LogP contribution is 2.25. The summed E-state index contributed by atoms with van der Waals surface area (Å²) in [7, 11) is 0. The quantitative estimate of drug-likeness (QED) is 0.769. The maximum atomic E-state index is 3.39. The fourth-order valence-electron chi connectivity index (χ4n) is 2.25. The standard InChI is InChI=1S/C16H16N/c1-2-7-14(8-3-1)16-10-5-4-9-15(16)13-17-11-6-12-17/h1-5,7-8,10H,6,11-13H2. The molecule has 0 bridgehead atoms. The molecule has 0 saturated carbocycles. The summed E-state index contributed by atoms with van der Waals surface area (Å²) in [6, 6.07) is 20.3. The molecule has 1 aliphatic rings. The molecule has 0 unspecified atom stereocenters. The zero-order valence-corrected chi connectivity index (χ0v) is 9.89. The minimum absolute atomic E-state index is 1.03. The molecule has 1 heterocycles. The van der Waals surface area contributed by atoms with Gasteiger partial charge in [0.05, 0.1) is 0 Å². The molecule has 0 aliphatic carbocycles.